The van der Waals surface area contributed by atoms with Crippen molar-refractivity contribution in [2.24, 2.45) is 11.3 Å². The summed E-state index contributed by atoms with van der Waals surface area (Å²) in [5.41, 5.74) is 2.37. The van der Waals surface area contributed by atoms with E-state index in [0.717, 1.165) is 5.92 Å². The molecule has 2 aliphatic carbocycles. The van der Waals surface area contributed by atoms with Gasteiger partial charge in [-0.3, -0.25) is 0 Å². The first kappa shape index (κ1) is 10.8. The third-order valence-corrected chi connectivity index (χ3v) is 5.72. The molecule has 0 radical (unpaired) electrons. The molecule has 1 nitrogen and oxygen atoms in total. The molecule has 0 aromatic rings. The van der Waals surface area contributed by atoms with Crippen LogP contribution in [0.4, 0.5) is 0 Å². The highest BCUT2D eigenvalue weighted by molar-refractivity contribution is 5.22. The third kappa shape index (κ3) is 1.27. The maximum Gasteiger partial charge on any atom is 0.0980 e. The van der Waals surface area contributed by atoms with Gasteiger partial charge in [0.15, 0.2) is 0 Å². The van der Waals surface area contributed by atoms with Crippen molar-refractivity contribution >= 4 is 0 Å². The number of allylic oxidation sites excluding steroid dienone is 1. The average Bonchev–Trinajstić information content (AvgIpc) is 2.72. The molecule has 0 unspecified atom stereocenters. The Labute approximate surface area is 99.3 Å². The van der Waals surface area contributed by atoms with Gasteiger partial charge in [-0.25, -0.2) is 0 Å². The van der Waals surface area contributed by atoms with E-state index in [0.29, 0.717) is 5.41 Å². The topological polar surface area (TPSA) is 12.5 Å². The van der Waals surface area contributed by atoms with Crippen molar-refractivity contribution in [3.8, 4) is 0 Å². The quantitative estimate of drug-likeness (QED) is 0.442. The van der Waals surface area contributed by atoms with E-state index < -0.39 is 0 Å². The highest BCUT2D eigenvalue weighted by atomic mass is 16.6. The number of ether oxygens (including phenoxy) is 1. The van der Waals surface area contributed by atoms with Gasteiger partial charge >= 0.3 is 0 Å². The fourth-order valence-electron chi connectivity index (χ4n) is 4.27. The summed E-state index contributed by atoms with van der Waals surface area (Å²) in [5.74, 6) is 0.719. The number of fused-ring (bicyclic) bond motifs is 1. The minimum absolute atomic E-state index is 0.131. The Morgan fingerprint density at radius 3 is 2.50 bits per heavy atom. The van der Waals surface area contributed by atoms with Gasteiger partial charge in [-0.15, -0.1) is 0 Å². The van der Waals surface area contributed by atoms with E-state index in [1.165, 1.54) is 44.1 Å². The minimum atomic E-state index is 0.131. The van der Waals surface area contributed by atoms with Gasteiger partial charge in [-0.1, -0.05) is 19.1 Å². The highest BCUT2D eigenvalue weighted by Gasteiger charge is 2.67. The molecule has 1 heterocycles. The molecular weight excluding hydrogens is 196 g/mol. The Morgan fingerprint density at radius 1 is 1.19 bits per heavy atom. The number of rotatable bonds is 0. The molecule has 2 saturated carbocycles. The normalized spacial score (nSPS) is 50.2. The van der Waals surface area contributed by atoms with Gasteiger partial charge in [0.2, 0.25) is 0 Å². The van der Waals surface area contributed by atoms with Gasteiger partial charge in [-0.05, 0) is 63.7 Å². The van der Waals surface area contributed by atoms with Crippen LogP contribution >= 0.6 is 0 Å². The molecule has 0 N–H and O–H groups in total. The van der Waals surface area contributed by atoms with E-state index in [9.17, 15) is 0 Å². The first-order chi connectivity index (χ1) is 7.39. The fraction of sp³-hybridized carbons (Fsp3) is 0.867. The summed E-state index contributed by atoms with van der Waals surface area (Å²) in [5, 5.41) is 0. The lowest BCUT2D eigenvalue weighted by Crippen LogP contribution is -2.42. The van der Waals surface area contributed by atoms with E-state index in [4.69, 9.17) is 4.74 Å². The Morgan fingerprint density at radius 2 is 1.88 bits per heavy atom. The summed E-state index contributed by atoms with van der Waals surface area (Å²) in [6.45, 7) is 11.3. The Balaban J connectivity index is 1.86. The van der Waals surface area contributed by atoms with Gasteiger partial charge < -0.3 is 4.74 Å². The van der Waals surface area contributed by atoms with Crippen molar-refractivity contribution in [3.05, 3.63) is 12.2 Å². The Hall–Kier alpha value is -0.300. The number of epoxide rings is 1. The lowest BCUT2D eigenvalue weighted by atomic mass is 9.55. The molecule has 3 rings (SSSR count). The molecule has 0 aromatic heterocycles. The summed E-state index contributed by atoms with van der Waals surface area (Å²) >= 11 is 0. The summed E-state index contributed by atoms with van der Waals surface area (Å²) in [6, 6.07) is 0. The molecule has 16 heavy (non-hydrogen) atoms. The smallest absolute Gasteiger partial charge is 0.0980 e. The van der Waals surface area contributed by atoms with Crippen LogP contribution in [0.15, 0.2) is 12.2 Å². The van der Waals surface area contributed by atoms with Crippen LogP contribution in [0.3, 0.4) is 0 Å². The summed E-state index contributed by atoms with van der Waals surface area (Å²) in [4.78, 5) is 0. The van der Waals surface area contributed by atoms with E-state index in [2.05, 4.69) is 27.4 Å². The molecule has 1 saturated heterocycles. The lowest BCUT2D eigenvalue weighted by Gasteiger charge is -2.48. The molecule has 1 aliphatic heterocycles. The number of hydrogen-bond donors (Lipinski definition) is 0. The fourth-order valence-corrected chi connectivity index (χ4v) is 4.27. The number of hydrogen-bond acceptors (Lipinski definition) is 1. The van der Waals surface area contributed by atoms with Crippen LogP contribution in [0, 0.1) is 11.3 Å². The molecule has 0 amide bonds. The van der Waals surface area contributed by atoms with Crippen LogP contribution in [-0.2, 0) is 4.74 Å². The van der Waals surface area contributed by atoms with Crippen molar-refractivity contribution in [3.63, 3.8) is 0 Å². The second-order valence-electron chi connectivity index (χ2n) is 7.03. The zero-order valence-corrected chi connectivity index (χ0v) is 10.9. The summed E-state index contributed by atoms with van der Waals surface area (Å²) < 4.78 is 6.03. The van der Waals surface area contributed by atoms with Gasteiger partial charge in [0.1, 0.15) is 0 Å². The van der Waals surface area contributed by atoms with Gasteiger partial charge in [0.25, 0.3) is 0 Å². The van der Waals surface area contributed by atoms with E-state index in [-0.39, 0.29) is 11.2 Å². The van der Waals surface area contributed by atoms with Crippen LogP contribution in [0.1, 0.15) is 59.3 Å². The van der Waals surface area contributed by atoms with E-state index in [1.807, 2.05) is 0 Å². The predicted octanol–water partition coefficient (Wildman–Crippen LogP) is 4.08. The second-order valence-corrected chi connectivity index (χ2v) is 7.03. The van der Waals surface area contributed by atoms with Crippen molar-refractivity contribution < 1.29 is 4.74 Å². The molecule has 3 aliphatic rings. The molecule has 0 aromatic carbocycles. The molecule has 3 fully saturated rings. The standard InChI is InChI=1S/C15H24O/c1-11-6-5-7-14(4)8-9-15(10-12(11)14)13(2,3)16-15/h12H,1,5-10H2,2-4H3/t12-,14+,15-/m0/s1. The highest BCUT2D eigenvalue weighted by Crippen LogP contribution is 2.64. The van der Waals surface area contributed by atoms with Gasteiger partial charge in [0, 0.05) is 0 Å². The second kappa shape index (κ2) is 2.93. The minimum Gasteiger partial charge on any atom is -0.363 e. The lowest BCUT2D eigenvalue weighted by molar-refractivity contribution is 0.0548. The van der Waals surface area contributed by atoms with E-state index >= 15 is 0 Å². The van der Waals surface area contributed by atoms with Gasteiger partial charge in [-0.2, -0.15) is 0 Å². The largest absolute Gasteiger partial charge is 0.363 e. The molecular formula is C15H24O. The van der Waals surface area contributed by atoms with Crippen LogP contribution in [-0.4, -0.2) is 11.2 Å². The molecule has 90 valence electrons. The van der Waals surface area contributed by atoms with Crippen molar-refractivity contribution in [2.45, 2.75) is 70.5 Å². The average molecular weight is 220 g/mol. The van der Waals surface area contributed by atoms with Crippen molar-refractivity contribution in [2.75, 3.05) is 0 Å². The van der Waals surface area contributed by atoms with Gasteiger partial charge in [0.05, 0.1) is 11.2 Å². The maximum atomic E-state index is 6.03. The zero-order valence-electron chi connectivity index (χ0n) is 10.9. The van der Waals surface area contributed by atoms with Crippen LogP contribution in [0.2, 0.25) is 0 Å². The third-order valence-electron chi connectivity index (χ3n) is 5.72. The Bertz CT molecular complexity index is 343. The van der Waals surface area contributed by atoms with E-state index in [1.54, 1.807) is 0 Å². The molecule has 1 spiro atoms. The van der Waals surface area contributed by atoms with Crippen LogP contribution < -0.4 is 0 Å². The van der Waals surface area contributed by atoms with Crippen molar-refractivity contribution in [1.82, 2.24) is 0 Å². The summed E-state index contributed by atoms with van der Waals surface area (Å²) in [7, 11) is 0. The molecule has 1 heteroatoms. The van der Waals surface area contributed by atoms with Crippen LogP contribution in [0.5, 0.6) is 0 Å². The Kier molecular flexibility index (Phi) is 1.98. The van der Waals surface area contributed by atoms with Crippen molar-refractivity contribution in [1.29, 1.82) is 0 Å². The zero-order chi connectivity index (χ0) is 11.6. The maximum absolute atomic E-state index is 6.03. The van der Waals surface area contributed by atoms with Crippen LogP contribution in [0.25, 0.3) is 0 Å². The summed E-state index contributed by atoms with van der Waals surface area (Å²) in [6.07, 6.45) is 7.82. The predicted molar refractivity (Wildman–Crippen MR) is 66.3 cm³/mol. The molecule has 0 bridgehead atoms. The molecule has 3 atom stereocenters. The first-order valence-electron chi connectivity index (χ1n) is 6.77. The first-order valence-corrected chi connectivity index (χ1v) is 6.77. The SMILES string of the molecule is C=C1CCC[C@]2(C)CC[C@@]3(C[C@@H]12)OC3(C)C. The monoisotopic (exact) mass is 220 g/mol.